The molecule has 0 saturated heterocycles. The first-order valence-electron chi connectivity index (χ1n) is 7.90. The molecule has 0 aliphatic carbocycles. The third kappa shape index (κ3) is 4.10. The molecule has 0 aliphatic heterocycles. The van der Waals surface area contributed by atoms with Crippen LogP contribution in [0, 0.1) is 17.0 Å². The summed E-state index contributed by atoms with van der Waals surface area (Å²) in [6, 6.07) is 6.47. The van der Waals surface area contributed by atoms with Crippen LogP contribution in [-0.4, -0.2) is 22.4 Å². The SMILES string of the molecule is C=CCN(C(=O)c1cc([N+](=O)[O-])c(C)s1)c1nc(-c2ccc(Cl)c(Cl)c2)cs1. The molecule has 1 amide bonds. The van der Waals surface area contributed by atoms with Crippen LogP contribution in [0.5, 0.6) is 0 Å². The van der Waals surface area contributed by atoms with Gasteiger partial charge in [0.05, 0.1) is 30.4 Å². The summed E-state index contributed by atoms with van der Waals surface area (Å²) in [6.07, 6.45) is 1.58. The number of aryl methyl sites for hydroxylation is 1. The molecule has 0 aliphatic rings. The molecule has 28 heavy (non-hydrogen) atoms. The number of amides is 1. The van der Waals surface area contributed by atoms with Crippen LogP contribution in [0.25, 0.3) is 11.3 Å². The maximum absolute atomic E-state index is 13.0. The lowest BCUT2D eigenvalue weighted by Gasteiger charge is -2.16. The van der Waals surface area contributed by atoms with Crippen LogP contribution >= 0.6 is 45.9 Å². The van der Waals surface area contributed by atoms with Gasteiger partial charge in [-0.25, -0.2) is 4.98 Å². The third-order valence-electron chi connectivity index (χ3n) is 3.79. The minimum atomic E-state index is -0.494. The second-order valence-corrected chi connectivity index (χ2v) is 8.57. The number of thiazole rings is 1. The first-order valence-corrected chi connectivity index (χ1v) is 10.4. The van der Waals surface area contributed by atoms with Crippen LogP contribution in [-0.2, 0) is 0 Å². The molecule has 10 heteroatoms. The Balaban J connectivity index is 1.94. The molecule has 0 fully saturated rings. The predicted octanol–water partition coefficient (Wildman–Crippen LogP) is 6.23. The summed E-state index contributed by atoms with van der Waals surface area (Å²) in [5.41, 5.74) is 1.35. The molecule has 0 atom stereocenters. The monoisotopic (exact) mass is 453 g/mol. The van der Waals surface area contributed by atoms with E-state index in [1.807, 2.05) is 0 Å². The van der Waals surface area contributed by atoms with Crippen LogP contribution in [0.3, 0.4) is 0 Å². The molecule has 144 valence electrons. The zero-order chi connectivity index (χ0) is 20.4. The van der Waals surface area contributed by atoms with E-state index in [2.05, 4.69) is 11.6 Å². The lowest BCUT2D eigenvalue weighted by atomic mass is 10.2. The number of halogens is 2. The van der Waals surface area contributed by atoms with E-state index in [-0.39, 0.29) is 23.0 Å². The van der Waals surface area contributed by atoms with E-state index in [0.717, 1.165) is 16.9 Å². The molecule has 0 radical (unpaired) electrons. The fourth-order valence-corrected chi connectivity index (χ4v) is 4.52. The Bertz CT molecular complexity index is 1080. The van der Waals surface area contributed by atoms with Crippen LogP contribution in [0.4, 0.5) is 10.8 Å². The quantitative estimate of drug-likeness (QED) is 0.251. The lowest BCUT2D eigenvalue weighted by Crippen LogP contribution is -2.30. The molecule has 0 spiro atoms. The molecule has 0 unspecified atom stereocenters. The highest BCUT2D eigenvalue weighted by molar-refractivity contribution is 7.15. The molecule has 2 aromatic heterocycles. The fraction of sp³-hybridized carbons (Fsp3) is 0.111. The Labute approximate surface area is 178 Å². The molecule has 2 heterocycles. The Morgan fingerprint density at radius 1 is 1.36 bits per heavy atom. The van der Waals surface area contributed by atoms with Gasteiger partial charge in [-0.1, -0.05) is 35.3 Å². The van der Waals surface area contributed by atoms with E-state index in [1.165, 1.54) is 22.3 Å². The van der Waals surface area contributed by atoms with Crippen LogP contribution in [0.1, 0.15) is 14.5 Å². The third-order valence-corrected chi connectivity index (χ3v) is 6.42. The van der Waals surface area contributed by atoms with Crippen molar-refractivity contribution in [3.05, 3.63) is 72.2 Å². The molecule has 3 rings (SSSR count). The van der Waals surface area contributed by atoms with E-state index in [0.29, 0.717) is 25.7 Å². The summed E-state index contributed by atoms with van der Waals surface area (Å²) in [4.78, 5) is 30.3. The van der Waals surface area contributed by atoms with Gasteiger partial charge in [0.25, 0.3) is 11.6 Å². The number of anilines is 1. The van der Waals surface area contributed by atoms with Gasteiger partial charge in [-0.05, 0) is 19.1 Å². The summed E-state index contributed by atoms with van der Waals surface area (Å²) in [6.45, 7) is 5.52. The smallest absolute Gasteiger partial charge is 0.279 e. The number of benzene rings is 1. The number of aromatic nitrogens is 1. The zero-order valence-corrected chi connectivity index (χ0v) is 17.7. The molecule has 3 aromatic rings. The number of nitro groups is 1. The molecule has 1 aromatic carbocycles. The second-order valence-electron chi connectivity index (χ2n) is 5.66. The minimum Gasteiger partial charge on any atom is -0.279 e. The van der Waals surface area contributed by atoms with Crippen molar-refractivity contribution in [2.75, 3.05) is 11.4 Å². The Morgan fingerprint density at radius 3 is 2.71 bits per heavy atom. The second kappa shape index (κ2) is 8.40. The van der Waals surface area contributed by atoms with Gasteiger partial charge < -0.3 is 0 Å². The van der Waals surface area contributed by atoms with E-state index in [1.54, 1.807) is 36.6 Å². The maximum atomic E-state index is 13.0. The highest BCUT2D eigenvalue weighted by atomic mass is 35.5. The van der Waals surface area contributed by atoms with Crippen molar-refractivity contribution >= 4 is 62.6 Å². The summed E-state index contributed by atoms with van der Waals surface area (Å²) >= 11 is 14.4. The molecule has 0 saturated carbocycles. The summed E-state index contributed by atoms with van der Waals surface area (Å²) in [5.74, 6) is -0.365. The standard InChI is InChI=1S/C18H13Cl2N3O3S2/c1-3-6-22(17(24)16-8-15(23(25)26)10(2)28-16)18-21-14(9-27-18)11-4-5-12(19)13(20)7-11/h3-5,7-9H,1,6H2,2H3. The Hall–Kier alpha value is -2.26. The molecular formula is C18H13Cl2N3O3S2. The number of nitrogens with zero attached hydrogens (tertiary/aromatic N) is 3. The van der Waals surface area contributed by atoms with Gasteiger partial charge in [0.1, 0.15) is 0 Å². The van der Waals surface area contributed by atoms with Crippen molar-refractivity contribution < 1.29 is 9.72 Å². The Morgan fingerprint density at radius 2 is 2.11 bits per heavy atom. The van der Waals surface area contributed by atoms with Gasteiger partial charge in [-0.3, -0.25) is 19.8 Å². The number of carbonyl (C=O) groups is 1. The van der Waals surface area contributed by atoms with Crippen molar-refractivity contribution in [2.45, 2.75) is 6.92 Å². The van der Waals surface area contributed by atoms with E-state index in [4.69, 9.17) is 23.2 Å². The van der Waals surface area contributed by atoms with Gasteiger partial charge >= 0.3 is 0 Å². The first-order chi connectivity index (χ1) is 13.3. The number of rotatable bonds is 6. The van der Waals surface area contributed by atoms with Crippen molar-refractivity contribution in [3.8, 4) is 11.3 Å². The average molecular weight is 454 g/mol. The van der Waals surface area contributed by atoms with E-state index < -0.39 is 4.92 Å². The van der Waals surface area contributed by atoms with Gasteiger partial charge in [-0.15, -0.1) is 29.3 Å². The number of hydrogen-bond acceptors (Lipinski definition) is 6. The maximum Gasteiger partial charge on any atom is 0.283 e. The fourth-order valence-electron chi connectivity index (χ4n) is 2.45. The first kappa shape index (κ1) is 20.5. The number of carbonyl (C=O) groups excluding carboxylic acids is 1. The lowest BCUT2D eigenvalue weighted by molar-refractivity contribution is -0.385. The highest BCUT2D eigenvalue weighted by Gasteiger charge is 2.25. The minimum absolute atomic E-state index is 0.0671. The summed E-state index contributed by atoms with van der Waals surface area (Å²) in [7, 11) is 0. The highest BCUT2D eigenvalue weighted by Crippen LogP contribution is 2.34. The molecular weight excluding hydrogens is 441 g/mol. The van der Waals surface area contributed by atoms with Crippen LogP contribution in [0.15, 0.2) is 42.3 Å². The van der Waals surface area contributed by atoms with Gasteiger partial charge in [0, 0.05) is 23.6 Å². The van der Waals surface area contributed by atoms with Crippen LogP contribution in [0.2, 0.25) is 10.0 Å². The number of hydrogen-bond donors (Lipinski definition) is 0. The Kier molecular flexibility index (Phi) is 6.14. The van der Waals surface area contributed by atoms with Crippen molar-refractivity contribution in [1.82, 2.24) is 4.98 Å². The average Bonchev–Trinajstić information content (AvgIpc) is 3.28. The van der Waals surface area contributed by atoms with Crippen LogP contribution < -0.4 is 4.90 Å². The van der Waals surface area contributed by atoms with Crippen molar-refractivity contribution in [1.29, 1.82) is 0 Å². The largest absolute Gasteiger partial charge is 0.283 e. The molecule has 0 bridgehead atoms. The summed E-state index contributed by atoms with van der Waals surface area (Å²) in [5, 5.41) is 14.2. The van der Waals surface area contributed by atoms with E-state index in [9.17, 15) is 14.9 Å². The molecule has 0 N–H and O–H groups in total. The van der Waals surface area contributed by atoms with Crippen molar-refractivity contribution in [3.63, 3.8) is 0 Å². The normalized spacial score (nSPS) is 10.7. The number of thiophene rings is 1. The zero-order valence-electron chi connectivity index (χ0n) is 14.5. The molecule has 6 nitrogen and oxygen atoms in total. The van der Waals surface area contributed by atoms with E-state index >= 15 is 0 Å². The summed E-state index contributed by atoms with van der Waals surface area (Å²) < 4.78 is 0. The topological polar surface area (TPSA) is 76.3 Å². The van der Waals surface area contributed by atoms with Gasteiger partial charge in [0.2, 0.25) is 0 Å². The van der Waals surface area contributed by atoms with Crippen molar-refractivity contribution in [2.24, 2.45) is 0 Å². The van der Waals surface area contributed by atoms with Gasteiger partial charge in [-0.2, -0.15) is 0 Å². The predicted molar refractivity (Wildman–Crippen MR) is 115 cm³/mol. The van der Waals surface area contributed by atoms with Gasteiger partial charge in [0.15, 0.2) is 5.13 Å².